The Morgan fingerprint density at radius 1 is 1.43 bits per heavy atom. The van der Waals surface area contributed by atoms with Gasteiger partial charge in [-0.3, -0.25) is 4.79 Å². The van der Waals surface area contributed by atoms with Crippen molar-refractivity contribution in [2.75, 3.05) is 36.5 Å². The van der Waals surface area contributed by atoms with Gasteiger partial charge in [0.2, 0.25) is 5.91 Å². The molecule has 5 nitrogen and oxygen atoms in total. The highest BCUT2D eigenvalue weighted by atomic mass is 127. The summed E-state index contributed by atoms with van der Waals surface area (Å²) >= 11 is 1.88. The van der Waals surface area contributed by atoms with Gasteiger partial charge >= 0.3 is 0 Å². The number of benzene rings is 1. The van der Waals surface area contributed by atoms with Gasteiger partial charge in [0.25, 0.3) is 0 Å². The maximum absolute atomic E-state index is 13.0. The molecule has 8 heteroatoms. The van der Waals surface area contributed by atoms with Crippen molar-refractivity contribution in [3.63, 3.8) is 0 Å². The number of hydrogen-bond donors (Lipinski definition) is 2. The van der Waals surface area contributed by atoms with Crippen molar-refractivity contribution in [2.24, 2.45) is 10.7 Å². The Hall–Kier alpha value is -1.03. The summed E-state index contributed by atoms with van der Waals surface area (Å²) in [6.07, 6.45) is 0. The van der Waals surface area contributed by atoms with Crippen LogP contribution < -0.4 is 11.1 Å². The molecule has 1 saturated heterocycles. The third kappa shape index (κ3) is 6.08. The fourth-order valence-electron chi connectivity index (χ4n) is 1.81. The molecule has 2 rings (SSSR count). The number of aliphatic imine (C=N–C) groups is 1. The van der Waals surface area contributed by atoms with Crippen LogP contribution in [0.5, 0.6) is 0 Å². The van der Waals surface area contributed by atoms with Crippen molar-refractivity contribution in [3.8, 4) is 0 Å². The SMILES string of the molecule is I.NC(=NCC(=O)Nc1cccc(F)c1)N1CCSCC1. The number of carbonyl (C=O) groups excluding carboxylic acids is 1. The van der Waals surface area contributed by atoms with Gasteiger partial charge in [-0.1, -0.05) is 6.07 Å². The highest BCUT2D eigenvalue weighted by Crippen LogP contribution is 2.09. The Balaban J connectivity index is 0.00000220. The van der Waals surface area contributed by atoms with Crippen LogP contribution in [0, 0.1) is 5.82 Å². The molecule has 0 atom stereocenters. The zero-order valence-electron chi connectivity index (χ0n) is 11.4. The second kappa shape index (κ2) is 9.08. The number of nitrogens with two attached hydrogens (primary N) is 1. The predicted molar refractivity (Wildman–Crippen MR) is 95.8 cm³/mol. The van der Waals surface area contributed by atoms with Gasteiger partial charge in [0.05, 0.1) is 0 Å². The Bertz CT molecular complexity index is 509. The molecule has 1 amide bonds. The molecule has 1 aromatic rings. The van der Waals surface area contributed by atoms with Crippen LogP contribution in [-0.4, -0.2) is 47.9 Å². The van der Waals surface area contributed by atoms with E-state index in [1.54, 1.807) is 6.07 Å². The molecule has 1 aliphatic heterocycles. The molecule has 116 valence electrons. The van der Waals surface area contributed by atoms with Crippen molar-refractivity contribution in [1.82, 2.24) is 4.90 Å². The van der Waals surface area contributed by atoms with Crippen molar-refractivity contribution in [3.05, 3.63) is 30.1 Å². The monoisotopic (exact) mass is 424 g/mol. The standard InChI is InChI=1S/C13H17FN4OS.HI/c14-10-2-1-3-11(8-10)17-12(19)9-16-13(15)18-4-6-20-7-5-18;/h1-3,8H,4-7,9H2,(H2,15,16)(H,17,19);1H. The molecular formula is C13H18FIN4OS. The lowest BCUT2D eigenvalue weighted by Crippen LogP contribution is -2.43. The van der Waals surface area contributed by atoms with E-state index in [1.165, 1.54) is 18.2 Å². The Kier molecular flexibility index (Phi) is 7.79. The van der Waals surface area contributed by atoms with Crippen LogP contribution in [0.3, 0.4) is 0 Å². The lowest BCUT2D eigenvalue weighted by molar-refractivity contribution is -0.114. The topological polar surface area (TPSA) is 70.7 Å². The van der Waals surface area contributed by atoms with Crippen LogP contribution in [-0.2, 0) is 4.79 Å². The first-order chi connectivity index (χ1) is 9.65. The minimum Gasteiger partial charge on any atom is -0.370 e. The van der Waals surface area contributed by atoms with Gasteiger partial charge in [0.15, 0.2) is 5.96 Å². The first-order valence-corrected chi connectivity index (χ1v) is 7.48. The second-order valence-corrected chi connectivity index (χ2v) is 5.56. The molecule has 0 radical (unpaired) electrons. The van der Waals surface area contributed by atoms with E-state index in [0.29, 0.717) is 11.6 Å². The van der Waals surface area contributed by atoms with E-state index in [4.69, 9.17) is 5.73 Å². The van der Waals surface area contributed by atoms with E-state index in [2.05, 4.69) is 10.3 Å². The summed E-state index contributed by atoms with van der Waals surface area (Å²) in [4.78, 5) is 17.7. The molecule has 0 spiro atoms. The van der Waals surface area contributed by atoms with Crippen LogP contribution in [0.25, 0.3) is 0 Å². The molecule has 1 aromatic carbocycles. The van der Waals surface area contributed by atoms with Crippen molar-refractivity contribution >= 4 is 53.3 Å². The Morgan fingerprint density at radius 2 is 2.14 bits per heavy atom. The molecule has 1 heterocycles. The van der Waals surface area contributed by atoms with Crippen LogP contribution in [0.2, 0.25) is 0 Å². The maximum atomic E-state index is 13.0. The highest BCUT2D eigenvalue weighted by Gasteiger charge is 2.12. The molecule has 0 aliphatic carbocycles. The number of anilines is 1. The average molecular weight is 424 g/mol. The lowest BCUT2D eigenvalue weighted by atomic mass is 10.3. The Labute approximate surface area is 144 Å². The van der Waals surface area contributed by atoms with Gasteiger partial charge in [-0.2, -0.15) is 11.8 Å². The van der Waals surface area contributed by atoms with Crippen LogP contribution in [0.15, 0.2) is 29.3 Å². The number of nitrogens with zero attached hydrogens (tertiary/aromatic N) is 2. The smallest absolute Gasteiger partial charge is 0.246 e. The minimum absolute atomic E-state index is 0. The largest absolute Gasteiger partial charge is 0.370 e. The lowest BCUT2D eigenvalue weighted by Gasteiger charge is -2.27. The van der Waals surface area contributed by atoms with Crippen LogP contribution >= 0.6 is 35.7 Å². The quantitative estimate of drug-likeness (QED) is 0.441. The minimum atomic E-state index is -0.392. The molecule has 0 saturated carbocycles. The van der Waals surface area contributed by atoms with Crippen LogP contribution in [0.4, 0.5) is 10.1 Å². The number of rotatable bonds is 3. The number of hydrogen-bond acceptors (Lipinski definition) is 3. The second-order valence-electron chi connectivity index (χ2n) is 4.33. The zero-order valence-corrected chi connectivity index (χ0v) is 14.6. The summed E-state index contributed by atoms with van der Waals surface area (Å²) in [7, 11) is 0. The van der Waals surface area contributed by atoms with E-state index in [1.807, 2.05) is 16.7 Å². The fraction of sp³-hybridized carbons (Fsp3) is 0.385. The van der Waals surface area contributed by atoms with Crippen molar-refractivity contribution in [1.29, 1.82) is 0 Å². The molecule has 3 N–H and O–H groups in total. The predicted octanol–water partition coefficient (Wildman–Crippen LogP) is 1.75. The van der Waals surface area contributed by atoms with E-state index < -0.39 is 5.82 Å². The summed E-state index contributed by atoms with van der Waals surface area (Å²) in [5.41, 5.74) is 6.26. The number of nitrogens with one attached hydrogen (secondary N) is 1. The molecule has 0 aromatic heterocycles. The third-order valence-electron chi connectivity index (χ3n) is 2.83. The van der Waals surface area contributed by atoms with Crippen LogP contribution in [0.1, 0.15) is 0 Å². The summed E-state index contributed by atoms with van der Waals surface area (Å²) in [6, 6.07) is 5.73. The molecule has 0 unspecified atom stereocenters. The van der Waals surface area contributed by atoms with Gasteiger partial charge in [-0.05, 0) is 18.2 Å². The first kappa shape index (κ1) is 18.0. The van der Waals surface area contributed by atoms with Gasteiger partial charge < -0.3 is 16.0 Å². The van der Waals surface area contributed by atoms with E-state index in [0.717, 1.165) is 24.6 Å². The van der Waals surface area contributed by atoms with Crippen molar-refractivity contribution < 1.29 is 9.18 Å². The molecule has 1 aliphatic rings. The molecule has 1 fully saturated rings. The molecular weight excluding hydrogens is 406 g/mol. The number of carbonyl (C=O) groups is 1. The van der Waals surface area contributed by atoms with E-state index >= 15 is 0 Å². The zero-order chi connectivity index (χ0) is 14.4. The molecule has 0 bridgehead atoms. The summed E-state index contributed by atoms with van der Waals surface area (Å²) < 4.78 is 13.0. The Morgan fingerprint density at radius 3 is 2.81 bits per heavy atom. The summed E-state index contributed by atoms with van der Waals surface area (Å²) in [6.45, 7) is 1.64. The number of thioether (sulfide) groups is 1. The van der Waals surface area contributed by atoms with Gasteiger partial charge in [-0.15, -0.1) is 24.0 Å². The van der Waals surface area contributed by atoms with Gasteiger partial charge in [0.1, 0.15) is 12.4 Å². The summed E-state index contributed by atoms with van der Waals surface area (Å²) in [5, 5.41) is 2.58. The number of guanidine groups is 1. The molecule has 21 heavy (non-hydrogen) atoms. The van der Waals surface area contributed by atoms with Crippen molar-refractivity contribution in [2.45, 2.75) is 0 Å². The average Bonchev–Trinajstić information content (AvgIpc) is 2.46. The van der Waals surface area contributed by atoms with Gasteiger partial charge in [-0.25, -0.2) is 9.38 Å². The van der Waals surface area contributed by atoms with E-state index in [9.17, 15) is 9.18 Å². The number of amides is 1. The highest BCUT2D eigenvalue weighted by molar-refractivity contribution is 14.0. The maximum Gasteiger partial charge on any atom is 0.246 e. The normalized spacial score (nSPS) is 15.3. The fourth-order valence-corrected chi connectivity index (χ4v) is 2.72. The third-order valence-corrected chi connectivity index (χ3v) is 3.77. The summed E-state index contributed by atoms with van der Waals surface area (Å²) in [5.74, 6) is 1.72. The van der Waals surface area contributed by atoms with Gasteiger partial charge in [0, 0.05) is 30.3 Å². The first-order valence-electron chi connectivity index (χ1n) is 6.33. The van der Waals surface area contributed by atoms with E-state index in [-0.39, 0.29) is 36.4 Å². The number of halogens is 2.